The molecule has 0 atom stereocenters. The largest absolute Gasteiger partial charge is 0.496 e. The molecule has 0 fully saturated rings. The number of oxazole rings is 1. The highest BCUT2D eigenvalue weighted by Gasteiger charge is 2.15. The summed E-state index contributed by atoms with van der Waals surface area (Å²) in [5.41, 5.74) is 2.34. The predicted molar refractivity (Wildman–Crippen MR) is 85.0 cm³/mol. The third kappa shape index (κ3) is 2.57. The Labute approximate surface area is 135 Å². The van der Waals surface area contributed by atoms with Crippen LogP contribution in [0.3, 0.4) is 0 Å². The highest BCUT2D eigenvalue weighted by atomic mass is 79.9. The Morgan fingerprint density at radius 2 is 2.00 bits per heavy atom. The molecule has 0 saturated carbocycles. The molecule has 0 aliphatic carbocycles. The van der Waals surface area contributed by atoms with Crippen LogP contribution in [0.1, 0.15) is 10.4 Å². The number of hydrogen-bond donors (Lipinski definition) is 0. The topological polar surface area (TPSA) is 61.6 Å². The summed E-state index contributed by atoms with van der Waals surface area (Å²) < 4.78 is 16.7. The van der Waals surface area contributed by atoms with Crippen molar-refractivity contribution in [1.29, 1.82) is 0 Å². The maximum atomic E-state index is 11.6. The van der Waals surface area contributed by atoms with Gasteiger partial charge in [0.2, 0.25) is 5.89 Å². The summed E-state index contributed by atoms with van der Waals surface area (Å²) in [5.74, 6) is 0.670. The average Bonchev–Trinajstić information content (AvgIpc) is 2.96. The standard InChI is InChI=1S/C16H12BrNO4/c1-20-14-8-10(17)4-5-11(14)15-18-12-7-9(16(19)21-2)3-6-13(12)22-15/h3-8H,1-2H3. The zero-order valence-electron chi connectivity index (χ0n) is 11.9. The number of carbonyl (C=O) groups is 1. The Balaban J connectivity index is 2.11. The first-order chi connectivity index (χ1) is 10.6. The summed E-state index contributed by atoms with van der Waals surface area (Å²) in [7, 11) is 2.93. The first-order valence-corrected chi connectivity index (χ1v) is 7.24. The number of rotatable bonds is 3. The minimum Gasteiger partial charge on any atom is -0.496 e. The van der Waals surface area contributed by atoms with Crippen LogP contribution in [0.4, 0.5) is 0 Å². The van der Waals surface area contributed by atoms with Gasteiger partial charge >= 0.3 is 5.97 Å². The van der Waals surface area contributed by atoms with E-state index in [-0.39, 0.29) is 0 Å². The maximum Gasteiger partial charge on any atom is 0.337 e. The van der Waals surface area contributed by atoms with Gasteiger partial charge in [-0.25, -0.2) is 9.78 Å². The minimum absolute atomic E-state index is 0.410. The lowest BCUT2D eigenvalue weighted by Crippen LogP contribution is -2.00. The number of benzene rings is 2. The molecule has 0 aliphatic heterocycles. The Hall–Kier alpha value is -2.34. The van der Waals surface area contributed by atoms with Crippen molar-refractivity contribution in [2.45, 2.75) is 0 Å². The third-order valence-corrected chi connectivity index (χ3v) is 3.70. The third-order valence-electron chi connectivity index (χ3n) is 3.20. The lowest BCUT2D eigenvalue weighted by Gasteiger charge is -2.05. The molecule has 5 nitrogen and oxygen atoms in total. The molecule has 0 unspecified atom stereocenters. The highest BCUT2D eigenvalue weighted by Crippen LogP contribution is 2.33. The van der Waals surface area contributed by atoms with E-state index in [1.165, 1.54) is 7.11 Å². The van der Waals surface area contributed by atoms with Crippen LogP contribution in [0.2, 0.25) is 0 Å². The van der Waals surface area contributed by atoms with Crippen molar-refractivity contribution in [3.63, 3.8) is 0 Å². The van der Waals surface area contributed by atoms with Crippen molar-refractivity contribution < 1.29 is 18.7 Å². The van der Waals surface area contributed by atoms with Gasteiger partial charge in [0.15, 0.2) is 5.58 Å². The number of nitrogens with zero attached hydrogens (tertiary/aromatic N) is 1. The number of aromatic nitrogens is 1. The van der Waals surface area contributed by atoms with Crippen LogP contribution in [-0.4, -0.2) is 25.2 Å². The summed E-state index contributed by atoms with van der Waals surface area (Å²) in [6, 6.07) is 10.6. The molecule has 0 radical (unpaired) electrons. The van der Waals surface area contributed by atoms with Crippen LogP contribution in [0, 0.1) is 0 Å². The van der Waals surface area contributed by atoms with Gasteiger partial charge in [0.1, 0.15) is 11.3 Å². The van der Waals surface area contributed by atoms with Crippen LogP contribution >= 0.6 is 15.9 Å². The van der Waals surface area contributed by atoms with Gasteiger partial charge in [0.05, 0.1) is 25.3 Å². The Bertz CT molecular complexity index is 856. The number of methoxy groups -OCH3 is 2. The number of carbonyl (C=O) groups excluding carboxylic acids is 1. The maximum absolute atomic E-state index is 11.6. The molecular weight excluding hydrogens is 350 g/mol. The molecule has 0 N–H and O–H groups in total. The molecule has 1 heterocycles. The Morgan fingerprint density at radius 3 is 2.73 bits per heavy atom. The smallest absolute Gasteiger partial charge is 0.337 e. The van der Waals surface area contributed by atoms with E-state index in [9.17, 15) is 4.79 Å². The number of fused-ring (bicyclic) bond motifs is 1. The first-order valence-electron chi connectivity index (χ1n) is 6.45. The zero-order valence-corrected chi connectivity index (χ0v) is 13.5. The summed E-state index contributed by atoms with van der Waals surface area (Å²) in [6.45, 7) is 0. The van der Waals surface area contributed by atoms with Crippen LogP contribution in [-0.2, 0) is 4.74 Å². The van der Waals surface area contributed by atoms with Crippen molar-refractivity contribution in [1.82, 2.24) is 4.98 Å². The van der Waals surface area contributed by atoms with E-state index < -0.39 is 5.97 Å². The quantitative estimate of drug-likeness (QED) is 0.658. The fourth-order valence-electron chi connectivity index (χ4n) is 2.13. The monoisotopic (exact) mass is 361 g/mol. The second-order valence-corrected chi connectivity index (χ2v) is 5.45. The van der Waals surface area contributed by atoms with Gasteiger partial charge in [-0.2, -0.15) is 0 Å². The minimum atomic E-state index is -0.410. The number of hydrogen-bond acceptors (Lipinski definition) is 5. The van der Waals surface area contributed by atoms with Crippen LogP contribution in [0.15, 0.2) is 45.3 Å². The number of ether oxygens (including phenoxy) is 2. The molecule has 0 spiro atoms. The fourth-order valence-corrected chi connectivity index (χ4v) is 2.47. The normalized spacial score (nSPS) is 10.7. The van der Waals surface area contributed by atoms with Crippen molar-refractivity contribution >= 4 is 33.0 Å². The van der Waals surface area contributed by atoms with Gasteiger partial charge < -0.3 is 13.9 Å². The van der Waals surface area contributed by atoms with Gasteiger partial charge in [-0.3, -0.25) is 0 Å². The average molecular weight is 362 g/mol. The van der Waals surface area contributed by atoms with Gasteiger partial charge in [-0.05, 0) is 36.4 Å². The predicted octanol–water partition coefficient (Wildman–Crippen LogP) is 4.05. The Morgan fingerprint density at radius 1 is 1.18 bits per heavy atom. The summed E-state index contributed by atoms with van der Waals surface area (Å²) in [6.07, 6.45) is 0. The van der Waals surface area contributed by atoms with E-state index in [2.05, 4.69) is 20.9 Å². The molecule has 3 rings (SSSR count). The second kappa shape index (κ2) is 5.81. The molecular formula is C16H12BrNO4. The van der Waals surface area contributed by atoms with E-state index in [0.29, 0.717) is 28.3 Å². The summed E-state index contributed by atoms with van der Waals surface area (Å²) in [5, 5.41) is 0. The van der Waals surface area contributed by atoms with E-state index in [1.54, 1.807) is 25.3 Å². The van der Waals surface area contributed by atoms with Crippen LogP contribution in [0.5, 0.6) is 5.75 Å². The van der Waals surface area contributed by atoms with E-state index in [0.717, 1.165) is 10.0 Å². The molecule has 0 saturated heterocycles. The van der Waals surface area contributed by atoms with Gasteiger partial charge in [-0.1, -0.05) is 15.9 Å². The van der Waals surface area contributed by atoms with Crippen LogP contribution < -0.4 is 4.74 Å². The number of esters is 1. The molecule has 22 heavy (non-hydrogen) atoms. The van der Waals surface area contributed by atoms with Crippen molar-refractivity contribution in [2.75, 3.05) is 14.2 Å². The molecule has 0 amide bonds. The van der Waals surface area contributed by atoms with Crippen molar-refractivity contribution in [3.05, 3.63) is 46.4 Å². The zero-order chi connectivity index (χ0) is 15.7. The molecule has 0 bridgehead atoms. The summed E-state index contributed by atoms with van der Waals surface area (Å²) >= 11 is 3.40. The lowest BCUT2D eigenvalue weighted by atomic mass is 10.2. The van der Waals surface area contributed by atoms with Gasteiger partial charge in [0, 0.05) is 4.47 Å². The fraction of sp³-hybridized carbons (Fsp3) is 0.125. The lowest BCUT2D eigenvalue weighted by molar-refractivity contribution is 0.0601. The SMILES string of the molecule is COC(=O)c1ccc2oc(-c3ccc(Br)cc3OC)nc2c1. The molecule has 3 aromatic rings. The van der Waals surface area contributed by atoms with E-state index in [4.69, 9.17) is 13.9 Å². The number of halogens is 1. The van der Waals surface area contributed by atoms with Gasteiger partial charge in [-0.15, -0.1) is 0 Å². The molecule has 112 valence electrons. The Kier molecular flexibility index (Phi) is 3.85. The van der Waals surface area contributed by atoms with Crippen molar-refractivity contribution in [3.8, 4) is 17.2 Å². The van der Waals surface area contributed by atoms with Gasteiger partial charge in [0.25, 0.3) is 0 Å². The molecule has 6 heteroatoms. The molecule has 2 aromatic carbocycles. The molecule has 1 aromatic heterocycles. The highest BCUT2D eigenvalue weighted by molar-refractivity contribution is 9.10. The van der Waals surface area contributed by atoms with E-state index >= 15 is 0 Å². The van der Waals surface area contributed by atoms with Crippen LogP contribution in [0.25, 0.3) is 22.6 Å². The first kappa shape index (κ1) is 14.6. The van der Waals surface area contributed by atoms with Crippen molar-refractivity contribution in [2.24, 2.45) is 0 Å². The van der Waals surface area contributed by atoms with E-state index in [1.807, 2.05) is 18.2 Å². The second-order valence-electron chi connectivity index (χ2n) is 4.54. The molecule has 0 aliphatic rings. The summed E-state index contributed by atoms with van der Waals surface area (Å²) in [4.78, 5) is 16.0.